The van der Waals surface area contributed by atoms with E-state index >= 15 is 0 Å². The van der Waals surface area contributed by atoms with Crippen LogP contribution in [0.1, 0.15) is 16.2 Å². The maximum atomic E-state index is 12.2. The van der Waals surface area contributed by atoms with Crippen LogP contribution >= 0.6 is 23.4 Å². The number of nitro benzene ring substituents is 1. The summed E-state index contributed by atoms with van der Waals surface area (Å²) in [4.78, 5) is 22.4. The molecular formula is C17H12ClN3O5S. The summed E-state index contributed by atoms with van der Waals surface area (Å²) < 4.78 is 10.9. The Labute approximate surface area is 162 Å². The van der Waals surface area contributed by atoms with Crippen LogP contribution in [0.5, 0.6) is 5.75 Å². The standard InChI is InChI=1S/C17H12ClN3O5S/c18-12-4-6-14(7-5-12)25-9-16-19-20-17(26-16)27-10-15(22)11-2-1-3-13(8-11)21(23)24/h1-8H,9-10H2. The fraction of sp³-hybridized carbons (Fsp3) is 0.118. The van der Waals surface area contributed by atoms with E-state index in [4.69, 9.17) is 20.8 Å². The van der Waals surface area contributed by atoms with Crippen LogP contribution in [0.25, 0.3) is 0 Å². The minimum Gasteiger partial charge on any atom is -0.484 e. The number of ether oxygens (including phenoxy) is 1. The molecule has 0 amide bonds. The van der Waals surface area contributed by atoms with Crippen LogP contribution in [0, 0.1) is 10.1 Å². The highest BCUT2D eigenvalue weighted by molar-refractivity contribution is 7.99. The van der Waals surface area contributed by atoms with E-state index in [0.29, 0.717) is 10.8 Å². The maximum Gasteiger partial charge on any atom is 0.277 e. The van der Waals surface area contributed by atoms with E-state index in [-0.39, 0.29) is 40.5 Å². The Hall–Kier alpha value is -2.91. The number of rotatable bonds is 8. The summed E-state index contributed by atoms with van der Waals surface area (Å²) in [5, 5.41) is 19.3. The average molecular weight is 406 g/mol. The molecule has 0 bridgehead atoms. The molecule has 3 rings (SSSR count). The van der Waals surface area contributed by atoms with Crippen molar-refractivity contribution in [3.05, 3.63) is 75.1 Å². The summed E-state index contributed by atoms with van der Waals surface area (Å²) in [5.41, 5.74) is 0.118. The molecule has 0 fully saturated rings. The minimum atomic E-state index is -0.547. The zero-order valence-corrected chi connectivity index (χ0v) is 15.3. The van der Waals surface area contributed by atoms with Gasteiger partial charge in [-0.15, -0.1) is 10.2 Å². The van der Waals surface area contributed by atoms with Crippen LogP contribution in [0.3, 0.4) is 0 Å². The largest absolute Gasteiger partial charge is 0.484 e. The predicted molar refractivity (Wildman–Crippen MR) is 98.2 cm³/mol. The molecule has 27 heavy (non-hydrogen) atoms. The van der Waals surface area contributed by atoms with Gasteiger partial charge in [-0.3, -0.25) is 14.9 Å². The number of hydrogen-bond donors (Lipinski definition) is 0. The molecule has 0 aliphatic heterocycles. The number of thioether (sulfide) groups is 1. The number of nitro groups is 1. The van der Waals surface area contributed by atoms with Crippen LogP contribution in [0.4, 0.5) is 5.69 Å². The third kappa shape index (κ3) is 5.28. The van der Waals surface area contributed by atoms with Gasteiger partial charge in [0.15, 0.2) is 12.4 Å². The highest BCUT2D eigenvalue weighted by Gasteiger charge is 2.14. The van der Waals surface area contributed by atoms with Crippen molar-refractivity contribution >= 4 is 34.8 Å². The lowest BCUT2D eigenvalue weighted by molar-refractivity contribution is -0.384. The van der Waals surface area contributed by atoms with Crippen molar-refractivity contribution in [3.63, 3.8) is 0 Å². The second-order valence-electron chi connectivity index (χ2n) is 5.22. The average Bonchev–Trinajstić information content (AvgIpc) is 3.13. The first kappa shape index (κ1) is 18.9. The van der Waals surface area contributed by atoms with E-state index in [1.165, 1.54) is 24.3 Å². The second kappa shape index (κ2) is 8.65. The van der Waals surface area contributed by atoms with Crippen molar-refractivity contribution in [2.45, 2.75) is 11.8 Å². The molecule has 1 aromatic heterocycles. The van der Waals surface area contributed by atoms with Crippen molar-refractivity contribution < 1.29 is 18.9 Å². The monoisotopic (exact) mass is 405 g/mol. The van der Waals surface area contributed by atoms with Gasteiger partial charge in [-0.05, 0) is 24.3 Å². The van der Waals surface area contributed by atoms with Gasteiger partial charge in [-0.25, -0.2) is 0 Å². The molecule has 2 aromatic carbocycles. The van der Waals surface area contributed by atoms with E-state index in [1.54, 1.807) is 24.3 Å². The molecule has 10 heteroatoms. The molecule has 1 heterocycles. The Morgan fingerprint density at radius 2 is 2.00 bits per heavy atom. The molecule has 138 valence electrons. The lowest BCUT2D eigenvalue weighted by Crippen LogP contribution is -2.03. The smallest absolute Gasteiger partial charge is 0.277 e. The van der Waals surface area contributed by atoms with Crippen molar-refractivity contribution in [1.29, 1.82) is 0 Å². The fourth-order valence-electron chi connectivity index (χ4n) is 2.03. The molecule has 8 nitrogen and oxygen atoms in total. The molecule has 0 atom stereocenters. The number of aromatic nitrogens is 2. The van der Waals surface area contributed by atoms with Crippen LogP contribution in [-0.2, 0) is 6.61 Å². The second-order valence-corrected chi connectivity index (χ2v) is 6.59. The SMILES string of the molecule is O=C(CSc1nnc(COc2ccc(Cl)cc2)o1)c1cccc([N+](=O)[O-])c1. The number of carbonyl (C=O) groups is 1. The molecule has 0 radical (unpaired) electrons. The van der Waals surface area contributed by atoms with Gasteiger partial charge in [0.05, 0.1) is 10.7 Å². The van der Waals surface area contributed by atoms with Gasteiger partial charge < -0.3 is 9.15 Å². The van der Waals surface area contributed by atoms with Gasteiger partial charge in [0, 0.05) is 22.7 Å². The number of halogens is 1. The molecule has 0 unspecified atom stereocenters. The Morgan fingerprint density at radius 3 is 2.74 bits per heavy atom. The lowest BCUT2D eigenvalue weighted by atomic mass is 10.1. The molecule has 0 saturated carbocycles. The number of Topliss-reactive ketones (excluding diaryl/α,β-unsaturated/α-hetero) is 1. The van der Waals surface area contributed by atoms with Gasteiger partial charge in [0.25, 0.3) is 16.8 Å². The summed E-state index contributed by atoms with van der Waals surface area (Å²) in [5.74, 6) is 0.602. The molecule has 0 N–H and O–H groups in total. The maximum absolute atomic E-state index is 12.2. The predicted octanol–water partition coefficient (Wildman–Crippen LogP) is 4.19. The Balaban J connectivity index is 1.53. The van der Waals surface area contributed by atoms with Gasteiger partial charge in [0.2, 0.25) is 0 Å². The first-order valence-corrected chi connectivity index (χ1v) is 8.99. The van der Waals surface area contributed by atoms with E-state index < -0.39 is 4.92 Å². The number of benzene rings is 2. The van der Waals surface area contributed by atoms with Crippen LogP contribution in [-0.4, -0.2) is 26.7 Å². The number of non-ortho nitro benzene ring substituents is 1. The van der Waals surface area contributed by atoms with Crippen LogP contribution in [0.15, 0.2) is 58.2 Å². The van der Waals surface area contributed by atoms with Gasteiger partial charge in [0.1, 0.15) is 5.75 Å². The van der Waals surface area contributed by atoms with Gasteiger partial charge >= 0.3 is 0 Å². The summed E-state index contributed by atoms with van der Waals surface area (Å²) in [6.07, 6.45) is 0. The zero-order valence-electron chi connectivity index (χ0n) is 13.7. The van der Waals surface area contributed by atoms with Crippen LogP contribution < -0.4 is 4.74 Å². The van der Waals surface area contributed by atoms with Gasteiger partial charge in [-0.1, -0.05) is 35.5 Å². The Bertz CT molecular complexity index is 961. The minimum absolute atomic E-state index is 0.0147. The molecule has 0 spiro atoms. The van der Waals surface area contributed by atoms with Crippen molar-refractivity contribution in [1.82, 2.24) is 10.2 Å². The van der Waals surface area contributed by atoms with Crippen LogP contribution in [0.2, 0.25) is 5.02 Å². The Kier molecular flexibility index (Phi) is 6.05. The number of carbonyl (C=O) groups excluding carboxylic acids is 1. The summed E-state index contributed by atoms with van der Waals surface area (Å²) >= 11 is 6.85. The van der Waals surface area contributed by atoms with E-state index in [0.717, 1.165) is 11.8 Å². The van der Waals surface area contributed by atoms with Crippen molar-refractivity contribution in [2.24, 2.45) is 0 Å². The number of hydrogen-bond acceptors (Lipinski definition) is 8. The third-order valence-corrected chi connectivity index (χ3v) is 4.40. The molecular weight excluding hydrogens is 394 g/mol. The molecule has 3 aromatic rings. The van der Waals surface area contributed by atoms with E-state index in [1.807, 2.05) is 0 Å². The normalized spacial score (nSPS) is 10.6. The quantitative estimate of drug-likeness (QED) is 0.237. The molecule has 0 aliphatic carbocycles. The van der Waals surface area contributed by atoms with E-state index in [9.17, 15) is 14.9 Å². The third-order valence-electron chi connectivity index (χ3n) is 3.33. The zero-order chi connectivity index (χ0) is 19.2. The number of ketones is 1. The highest BCUT2D eigenvalue weighted by Crippen LogP contribution is 2.21. The van der Waals surface area contributed by atoms with Gasteiger partial charge in [-0.2, -0.15) is 0 Å². The molecule has 0 saturated heterocycles. The first-order valence-electron chi connectivity index (χ1n) is 7.62. The lowest BCUT2D eigenvalue weighted by Gasteiger charge is -2.02. The van der Waals surface area contributed by atoms with Crippen molar-refractivity contribution in [2.75, 3.05) is 5.75 Å². The summed E-state index contributed by atoms with van der Waals surface area (Å²) in [7, 11) is 0. The first-order chi connectivity index (χ1) is 13.0. The fourth-order valence-corrected chi connectivity index (χ4v) is 2.84. The summed E-state index contributed by atoms with van der Waals surface area (Å²) in [6, 6.07) is 12.4. The topological polar surface area (TPSA) is 108 Å². The summed E-state index contributed by atoms with van der Waals surface area (Å²) in [6.45, 7) is 0.0774. The van der Waals surface area contributed by atoms with Crippen molar-refractivity contribution in [3.8, 4) is 5.75 Å². The molecule has 0 aliphatic rings. The number of nitrogens with zero attached hydrogens (tertiary/aromatic N) is 3. The highest BCUT2D eigenvalue weighted by atomic mass is 35.5. The van der Waals surface area contributed by atoms with E-state index in [2.05, 4.69) is 10.2 Å². The Morgan fingerprint density at radius 1 is 1.22 bits per heavy atom.